The van der Waals surface area contributed by atoms with Gasteiger partial charge in [0.15, 0.2) is 0 Å². The van der Waals surface area contributed by atoms with Gasteiger partial charge in [0.2, 0.25) is 16.9 Å². The second-order valence-electron chi connectivity index (χ2n) is 5.35. The zero-order valence-corrected chi connectivity index (χ0v) is 14.1. The van der Waals surface area contributed by atoms with Crippen LogP contribution in [0.5, 0.6) is 5.75 Å². The number of hydrogen-bond donors (Lipinski definition) is 1. The van der Waals surface area contributed by atoms with Gasteiger partial charge in [-0.1, -0.05) is 30.4 Å². The average molecular weight is 346 g/mol. The Bertz CT molecular complexity index is 746. The van der Waals surface area contributed by atoms with Crippen LogP contribution in [0.4, 0.5) is 10.8 Å². The molecule has 1 N–H and O–H groups in total. The maximum absolute atomic E-state index is 12.3. The summed E-state index contributed by atoms with van der Waals surface area (Å²) in [6, 6.07) is 7.22. The summed E-state index contributed by atoms with van der Waals surface area (Å²) in [4.78, 5) is 26.1. The third kappa shape index (κ3) is 3.70. The third-order valence-corrected chi connectivity index (χ3v) is 4.41. The highest BCUT2D eigenvalue weighted by Crippen LogP contribution is 2.30. The van der Waals surface area contributed by atoms with E-state index in [-0.39, 0.29) is 24.8 Å². The van der Waals surface area contributed by atoms with E-state index in [1.165, 1.54) is 16.2 Å². The summed E-state index contributed by atoms with van der Waals surface area (Å²) in [6.07, 6.45) is 2.05. The Kier molecular flexibility index (Phi) is 5.05. The summed E-state index contributed by atoms with van der Waals surface area (Å²) in [5.74, 6) is 0.163. The van der Waals surface area contributed by atoms with Crippen LogP contribution in [0.1, 0.15) is 24.8 Å². The van der Waals surface area contributed by atoms with Crippen molar-refractivity contribution in [2.24, 2.45) is 0 Å². The number of para-hydroxylation sites is 2. The lowest BCUT2D eigenvalue weighted by Crippen LogP contribution is -2.37. The summed E-state index contributed by atoms with van der Waals surface area (Å²) < 4.78 is 5.56. The van der Waals surface area contributed by atoms with Crippen molar-refractivity contribution in [1.82, 2.24) is 10.2 Å². The second kappa shape index (κ2) is 7.39. The van der Waals surface area contributed by atoms with E-state index in [4.69, 9.17) is 4.74 Å². The smallest absolute Gasteiger partial charge is 0.246 e. The first-order chi connectivity index (χ1) is 11.7. The van der Waals surface area contributed by atoms with Crippen molar-refractivity contribution in [3.05, 3.63) is 29.3 Å². The van der Waals surface area contributed by atoms with Crippen LogP contribution < -0.4 is 15.0 Å². The van der Waals surface area contributed by atoms with Gasteiger partial charge >= 0.3 is 0 Å². The predicted octanol–water partition coefficient (Wildman–Crippen LogP) is 2.24. The van der Waals surface area contributed by atoms with Gasteiger partial charge in [0, 0.05) is 6.42 Å². The molecule has 8 heteroatoms. The first-order valence-corrected chi connectivity index (χ1v) is 8.63. The fourth-order valence-corrected chi connectivity index (χ4v) is 3.27. The SMILES string of the molecule is CCCc1nnc(NC(=O)CN2C(=O)CCOc3ccccc32)s1. The standard InChI is InChI=1S/C16H18N4O3S/c1-2-5-14-18-19-16(24-14)17-13(21)10-20-11-6-3-4-7-12(11)23-9-8-15(20)22/h3-4,6-7H,2,5,8-10H2,1H3,(H,17,19,21). The molecule has 0 saturated heterocycles. The van der Waals surface area contributed by atoms with Crippen LogP contribution >= 0.6 is 11.3 Å². The van der Waals surface area contributed by atoms with Crippen molar-refractivity contribution in [2.45, 2.75) is 26.2 Å². The molecule has 126 valence electrons. The number of rotatable bonds is 5. The first-order valence-electron chi connectivity index (χ1n) is 7.82. The normalized spacial score (nSPS) is 13.9. The van der Waals surface area contributed by atoms with Crippen LogP contribution in [0.25, 0.3) is 0 Å². The lowest BCUT2D eigenvalue weighted by molar-refractivity contribution is -0.121. The van der Waals surface area contributed by atoms with Gasteiger partial charge in [-0.3, -0.25) is 19.8 Å². The molecule has 2 amide bonds. The molecule has 0 radical (unpaired) electrons. The summed E-state index contributed by atoms with van der Waals surface area (Å²) in [5, 5.41) is 12.0. The Morgan fingerprint density at radius 1 is 1.38 bits per heavy atom. The molecule has 0 saturated carbocycles. The molecule has 0 aliphatic carbocycles. The van der Waals surface area contributed by atoms with Crippen LogP contribution in [-0.2, 0) is 16.0 Å². The Morgan fingerprint density at radius 3 is 3.04 bits per heavy atom. The molecule has 0 unspecified atom stereocenters. The number of benzene rings is 1. The van der Waals surface area contributed by atoms with E-state index in [1.807, 2.05) is 12.1 Å². The van der Waals surface area contributed by atoms with E-state index in [2.05, 4.69) is 22.4 Å². The fourth-order valence-electron chi connectivity index (χ4n) is 2.41. The van der Waals surface area contributed by atoms with Crippen molar-refractivity contribution in [1.29, 1.82) is 0 Å². The molecule has 2 heterocycles. The van der Waals surface area contributed by atoms with Crippen molar-refractivity contribution < 1.29 is 14.3 Å². The topological polar surface area (TPSA) is 84.4 Å². The van der Waals surface area contributed by atoms with Crippen LogP contribution in [0, 0.1) is 0 Å². The first kappa shape index (κ1) is 16.4. The third-order valence-electron chi connectivity index (χ3n) is 3.51. The minimum absolute atomic E-state index is 0.0815. The number of ether oxygens (including phenoxy) is 1. The molecule has 7 nitrogen and oxygen atoms in total. The highest BCUT2D eigenvalue weighted by atomic mass is 32.1. The van der Waals surface area contributed by atoms with Gasteiger partial charge in [0.05, 0.1) is 18.7 Å². The van der Waals surface area contributed by atoms with Crippen molar-refractivity contribution in [3.63, 3.8) is 0 Å². The number of carbonyl (C=O) groups excluding carboxylic acids is 2. The van der Waals surface area contributed by atoms with Gasteiger partial charge < -0.3 is 4.74 Å². The molecule has 0 atom stereocenters. The van der Waals surface area contributed by atoms with Crippen molar-refractivity contribution >= 4 is 34.0 Å². The molecule has 3 rings (SSSR count). The van der Waals surface area contributed by atoms with Crippen LogP contribution in [0.15, 0.2) is 24.3 Å². The van der Waals surface area contributed by atoms with E-state index in [1.54, 1.807) is 12.1 Å². The summed E-state index contributed by atoms with van der Waals surface area (Å²) in [7, 11) is 0. The monoisotopic (exact) mass is 346 g/mol. The lowest BCUT2D eigenvalue weighted by atomic mass is 10.2. The number of hydrogen-bond acceptors (Lipinski definition) is 6. The highest BCUT2D eigenvalue weighted by Gasteiger charge is 2.25. The molecule has 0 fully saturated rings. The van der Waals surface area contributed by atoms with Gasteiger partial charge in [-0.05, 0) is 18.6 Å². The lowest BCUT2D eigenvalue weighted by Gasteiger charge is -2.20. The maximum atomic E-state index is 12.3. The molecule has 24 heavy (non-hydrogen) atoms. The summed E-state index contributed by atoms with van der Waals surface area (Å²) >= 11 is 1.36. The van der Waals surface area contributed by atoms with E-state index < -0.39 is 0 Å². The van der Waals surface area contributed by atoms with Gasteiger partial charge in [-0.2, -0.15) is 0 Å². The molecule has 1 aliphatic rings. The number of carbonyl (C=O) groups is 2. The quantitative estimate of drug-likeness (QED) is 0.897. The number of fused-ring (bicyclic) bond motifs is 1. The molecule has 1 aromatic heterocycles. The van der Waals surface area contributed by atoms with Crippen LogP contribution in [0.3, 0.4) is 0 Å². The number of nitrogens with one attached hydrogen (secondary N) is 1. The summed E-state index contributed by atoms with van der Waals surface area (Å²) in [5.41, 5.74) is 0.610. The molecule has 0 spiro atoms. The Labute approximate surface area is 143 Å². The van der Waals surface area contributed by atoms with Gasteiger partial charge in [-0.15, -0.1) is 10.2 Å². The number of nitrogens with zero attached hydrogens (tertiary/aromatic N) is 3. The zero-order chi connectivity index (χ0) is 16.9. The van der Waals surface area contributed by atoms with Crippen LogP contribution in [-0.4, -0.2) is 35.2 Å². The number of amides is 2. The van der Waals surface area contributed by atoms with E-state index in [9.17, 15) is 9.59 Å². The van der Waals surface area contributed by atoms with E-state index >= 15 is 0 Å². The average Bonchev–Trinajstić information content (AvgIpc) is 2.94. The number of aryl methyl sites for hydroxylation is 1. The Hall–Kier alpha value is -2.48. The van der Waals surface area contributed by atoms with Gasteiger partial charge in [-0.25, -0.2) is 0 Å². The molecule has 2 aromatic rings. The van der Waals surface area contributed by atoms with Crippen molar-refractivity contribution in [2.75, 3.05) is 23.4 Å². The minimum atomic E-state index is -0.306. The Balaban J connectivity index is 1.71. The predicted molar refractivity (Wildman–Crippen MR) is 91.4 cm³/mol. The van der Waals surface area contributed by atoms with E-state index in [0.717, 1.165) is 17.8 Å². The number of anilines is 2. The largest absolute Gasteiger partial charge is 0.491 e. The molecule has 0 bridgehead atoms. The Morgan fingerprint density at radius 2 is 2.21 bits per heavy atom. The molecular weight excluding hydrogens is 328 g/mol. The second-order valence-corrected chi connectivity index (χ2v) is 6.41. The molecule has 1 aliphatic heterocycles. The minimum Gasteiger partial charge on any atom is -0.491 e. The highest BCUT2D eigenvalue weighted by molar-refractivity contribution is 7.15. The van der Waals surface area contributed by atoms with Gasteiger partial charge in [0.25, 0.3) is 0 Å². The molecular formula is C16H18N4O3S. The van der Waals surface area contributed by atoms with Gasteiger partial charge in [0.1, 0.15) is 17.3 Å². The maximum Gasteiger partial charge on any atom is 0.246 e. The molecule has 1 aromatic carbocycles. The van der Waals surface area contributed by atoms with E-state index in [0.29, 0.717) is 23.2 Å². The number of aromatic nitrogens is 2. The fraction of sp³-hybridized carbons (Fsp3) is 0.375. The van der Waals surface area contributed by atoms with Crippen molar-refractivity contribution in [3.8, 4) is 5.75 Å². The zero-order valence-electron chi connectivity index (χ0n) is 13.3. The summed E-state index contributed by atoms with van der Waals surface area (Å²) in [6.45, 7) is 2.29. The van der Waals surface area contributed by atoms with Crippen LogP contribution in [0.2, 0.25) is 0 Å².